The summed E-state index contributed by atoms with van der Waals surface area (Å²) in [6.45, 7) is 3.19. The molecule has 0 aromatic heterocycles. The summed E-state index contributed by atoms with van der Waals surface area (Å²) in [6.07, 6.45) is 1.84. The Morgan fingerprint density at radius 3 is 2.33 bits per heavy atom. The zero-order chi connectivity index (χ0) is 13.5. The number of nitrogens with two attached hydrogens (primary N) is 1. The molecule has 3 nitrogen and oxygen atoms in total. The summed E-state index contributed by atoms with van der Waals surface area (Å²) in [4.78, 5) is 0. The highest BCUT2D eigenvalue weighted by Gasteiger charge is 2.10. The molecule has 0 radical (unpaired) electrons. The Hall–Kier alpha value is -0.100. The van der Waals surface area contributed by atoms with Crippen molar-refractivity contribution in [2.24, 2.45) is 5.73 Å². The van der Waals surface area contributed by atoms with E-state index in [1.165, 1.54) is 5.56 Å². The van der Waals surface area contributed by atoms with Gasteiger partial charge in [-0.25, -0.2) is 0 Å². The van der Waals surface area contributed by atoms with Crippen molar-refractivity contribution < 1.29 is 9.47 Å². The minimum absolute atomic E-state index is 0.198. The lowest BCUT2D eigenvalue weighted by Gasteiger charge is -2.14. The Morgan fingerprint density at radius 1 is 1.22 bits per heavy atom. The first kappa shape index (κ1) is 16.0. The molecule has 0 amide bonds. The molecule has 0 spiro atoms. The van der Waals surface area contributed by atoms with Crippen molar-refractivity contribution in [3.8, 4) is 5.75 Å². The van der Waals surface area contributed by atoms with Gasteiger partial charge in [-0.1, -0.05) is 6.92 Å². The van der Waals surface area contributed by atoms with Crippen molar-refractivity contribution in [1.29, 1.82) is 0 Å². The van der Waals surface area contributed by atoms with Crippen molar-refractivity contribution >= 4 is 31.9 Å². The maximum Gasteiger partial charge on any atom is 0.147 e. The van der Waals surface area contributed by atoms with Crippen LogP contribution in [0.4, 0.5) is 0 Å². The lowest BCUT2D eigenvalue weighted by Crippen LogP contribution is -2.21. The third kappa shape index (κ3) is 4.88. The standard InChI is InChI=1S/C13H19Br2NO2/c1-3-10(16)6-9-7-11(14)13(12(15)8-9)18-5-4-17-2/h7-8,10H,3-6,16H2,1-2H3. The van der Waals surface area contributed by atoms with Crippen LogP contribution >= 0.6 is 31.9 Å². The molecule has 0 saturated carbocycles. The fourth-order valence-corrected chi connectivity index (χ4v) is 3.05. The van der Waals surface area contributed by atoms with Crippen LogP contribution in [0.3, 0.4) is 0 Å². The third-order valence-corrected chi connectivity index (χ3v) is 3.79. The van der Waals surface area contributed by atoms with Crippen LogP contribution in [0.25, 0.3) is 0 Å². The van der Waals surface area contributed by atoms with Gasteiger partial charge in [0.05, 0.1) is 15.6 Å². The molecule has 102 valence electrons. The van der Waals surface area contributed by atoms with Gasteiger partial charge in [0.2, 0.25) is 0 Å². The molecule has 1 aromatic rings. The van der Waals surface area contributed by atoms with Crippen molar-refractivity contribution in [2.45, 2.75) is 25.8 Å². The smallest absolute Gasteiger partial charge is 0.147 e. The van der Waals surface area contributed by atoms with E-state index in [2.05, 4.69) is 50.9 Å². The number of halogens is 2. The highest BCUT2D eigenvalue weighted by Crippen LogP contribution is 2.35. The van der Waals surface area contributed by atoms with Crippen LogP contribution < -0.4 is 10.5 Å². The van der Waals surface area contributed by atoms with Crippen molar-refractivity contribution in [2.75, 3.05) is 20.3 Å². The van der Waals surface area contributed by atoms with E-state index in [9.17, 15) is 0 Å². The lowest BCUT2D eigenvalue weighted by molar-refractivity contribution is 0.145. The molecule has 0 aliphatic heterocycles. The Balaban J connectivity index is 2.77. The van der Waals surface area contributed by atoms with E-state index in [-0.39, 0.29) is 6.04 Å². The predicted molar refractivity (Wildman–Crippen MR) is 81.2 cm³/mol. The first-order valence-corrected chi connectivity index (χ1v) is 7.52. The van der Waals surface area contributed by atoms with E-state index in [1.54, 1.807) is 7.11 Å². The molecule has 5 heteroatoms. The number of benzene rings is 1. The normalized spacial score (nSPS) is 12.5. The van der Waals surface area contributed by atoms with Gasteiger partial charge in [0.15, 0.2) is 0 Å². The highest BCUT2D eigenvalue weighted by molar-refractivity contribution is 9.11. The van der Waals surface area contributed by atoms with Gasteiger partial charge in [-0.15, -0.1) is 0 Å². The maximum absolute atomic E-state index is 5.96. The van der Waals surface area contributed by atoms with Gasteiger partial charge in [0, 0.05) is 13.2 Å². The summed E-state index contributed by atoms with van der Waals surface area (Å²) < 4.78 is 12.5. The van der Waals surface area contributed by atoms with Gasteiger partial charge >= 0.3 is 0 Å². The average molecular weight is 381 g/mol. The topological polar surface area (TPSA) is 44.5 Å². The number of ether oxygens (including phenoxy) is 2. The second-order valence-corrected chi connectivity index (χ2v) is 5.81. The van der Waals surface area contributed by atoms with E-state index in [1.807, 2.05) is 0 Å². The molecule has 1 rings (SSSR count). The minimum Gasteiger partial charge on any atom is -0.489 e. The molecule has 1 unspecified atom stereocenters. The fraction of sp³-hybridized carbons (Fsp3) is 0.538. The second-order valence-electron chi connectivity index (χ2n) is 4.10. The molecule has 0 aliphatic carbocycles. The second kappa shape index (κ2) is 8.15. The monoisotopic (exact) mass is 379 g/mol. The predicted octanol–water partition coefficient (Wildman–Crippen LogP) is 3.52. The van der Waals surface area contributed by atoms with Gasteiger partial charge < -0.3 is 15.2 Å². The van der Waals surface area contributed by atoms with E-state index < -0.39 is 0 Å². The number of hydrogen-bond donors (Lipinski definition) is 1. The Labute approximate surface area is 125 Å². The Bertz CT molecular complexity index is 362. The first-order valence-electron chi connectivity index (χ1n) is 5.93. The molecule has 2 N–H and O–H groups in total. The summed E-state index contributed by atoms with van der Waals surface area (Å²) in [5.41, 5.74) is 7.16. The van der Waals surface area contributed by atoms with Gasteiger partial charge in [-0.3, -0.25) is 0 Å². The molecule has 0 heterocycles. The number of hydrogen-bond acceptors (Lipinski definition) is 3. The molecular weight excluding hydrogens is 362 g/mol. The van der Waals surface area contributed by atoms with Gasteiger partial charge in [-0.2, -0.15) is 0 Å². The Kier molecular flexibility index (Phi) is 7.22. The molecule has 0 aliphatic rings. The van der Waals surface area contributed by atoms with Crippen LogP contribution in [0, 0.1) is 0 Å². The molecular formula is C13H19Br2NO2. The first-order chi connectivity index (χ1) is 8.58. The van der Waals surface area contributed by atoms with E-state index in [0.717, 1.165) is 27.5 Å². The van der Waals surface area contributed by atoms with Crippen molar-refractivity contribution in [1.82, 2.24) is 0 Å². The number of rotatable bonds is 7. The zero-order valence-electron chi connectivity index (χ0n) is 10.7. The lowest BCUT2D eigenvalue weighted by atomic mass is 10.0. The third-order valence-electron chi connectivity index (χ3n) is 2.61. The average Bonchev–Trinajstić information content (AvgIpc) is 2.32. The van der Waals surface area contributed by atoms with Crippen LogP contribution in [0.15, 0.2) is 21.1 Å². The molecule has 0 saturated heterocycles. The van der Waals surface area contributed by atoms with Crippen molar-refractivity contribution in [3.63, 3.8) is 0 Å². The van der Waals surface area contributed by atoms with Gasteiger partial charge in [0.1, 0.15) is 12.4 Å². The van der Waals surface area contributed by atoms with Crippen LogP contribution in [0.5, 0.6) is 5.75 Å². The summed E-state index contributed by atoms with van der Waals surface area (Å²) in [5.74, 6) is 0.806. The minimum atomic E-state index is 0.198. The largest absolute Gasteiger partial charge is 0.489 e. The van der Waals surface area contributed by atoms with Crippen LogP contribution in [0.1, 0.15) is 18.9 Å². The van der Waals surface area contributed by atoms with Crippen LogP contribution in [-0.4, -0.2) is 26.4 Å². The maximum atomic E-state index is 5.96. The summed E-state index contributed by atoms with van der Waals surface area (Å²) >= 11 is 7.05. The van der Waals surface area contributed by atoms with E-state index in [0.29, 0.717) is 13.2 Å². The van der Waals surface area contributed by atoms with E-state index in [4.69, 9.17) is 15.2 Å². The van der Waals surface area contributed by atoms with Gasteiger partial charge in [0.25, 0.3) is 0 Å². The number of methoxy groups -OCH3 is 1. The Morgan fingerprint density at radius 2 is 1.83 bits per heavy atom. The van der Waals surface area contributed by atoms with Gasteiger partial charge in [-0.05, 0) is 62.4 Å². The quantitative estimate of drug-likeness (QED) is 0.736. The van der Waals surface area contributed by atoms with Crippen LogP contribution in [-0.2, 0) is 11.2 Å². The summed E-state index contributed by atoms with van der Waals surface area (Å²) in [7, 11) is 1.66. The van der Waals surface area contributed by atoms with Crippen LogP contribution in [0.2, 0.25) is 0 Å². The molecule has 0 fully saturated rings. The highest BCUT2D eigenvalue weighted by atomic mass is 79.9. The zero-order valence-corrected chi connectivity index (χ0v) is 13.9. The molecule has 18 heavy (non-hydrogen) atoms. The fourth-order valence-electron chi connectivity index (χ4n) is 1.54. The summed E-state index contributed by atoms with van der Waals surface area (Å²) in [5, 5.41) is 0. The SMILES string of the molecule is CCC(N)Cc1cc(Br)c(OCCOC)c(Br)c1. The van der Waals surface area contributed by atoms with Crippen molar-refractivity contribution in [3.05, 3.63) is 26.6 Å². The molecule has 0 bridgehead atoms. The summed E-state index contributed by atoms with van der Waals surface area (Å²) in [6, 6.07) is 4.31. The molecule has 1 atom stereocenters. The molecule has 1 aromatic carbocycles. The van der Waals surface area contributed by atoms with E-state index >= 15 is 0 Å².